The number of hydrogen-bond acceptors (Lipinski definition) is 4. The molecule has 0 spiro atoms. The third kappa shape index (κ3) is 1.97. The fourth-order valence-corrected chi connectivity index (χ4v) is 1.15. The van der Waals surface area contributed by atoms with Crippen LogP contribution in [0.1, 0.15) is 12.5 Å². The van der Waals surface area contributed by atoms with Crippen molar-refractivity contribution in [3.05, 3.63) is 30.1 Å². The zero-order chi connectivity index (χ0) is 11.8. The largest absolute Gasteiger partial charge is 0.381 e. The lowest BCUT2D eigenvalue weighted by molar-refractivity contribution is 0.0171. The van der Waals surface area contributed by atoms with Crippen molar-refractivity contribution in [1.29, 1.82) is 0 Å². The first-order valence-corrected chi connectivity index (χ1v) is 4.49. The summed E-state index contributed by atoms with van der Waals surface area (Å²) in [6.45, 7) is 0.813. The van der Waals surface area contributed by atoms with Crippen LogP contribution in [-0.4, -0.2) is 20.0 Å². The van der Waals surface area contributed by atoms with Gasteiger partial charge in [0.1, 0.15) is 0 Å². The molecule has 7 heteroatoms. The topological polar surface area (TPSA) is 69.6 Å². The molecule has 0 aliphatic carbocycles. The minimum Gasteiger partial charge on any atom is -0.381 e. The summed E-state index contributed by atoms with van der Waals surface area (Å²) in [5.74, 6) is -2.32. The summed E-state index contributed by atoms with van der Waals surface area (Å²) >= 11 is 0. The van der Waals surface area contributed by atoms with Crippen molar-refractivity contribution in [1.82, 2.24) is 20.0 Å². The van der Waals surface area contributed by atoms with Gasteiger partial charge in [0, 0.05) is 18.7 Å². The Balaban J connectivity index is 2.33. The number of anilines is 1. The second-order valence-corrected chi connectivity index (χ2v) is 3.35. The summed E-state index contributed by atoms with van der Waals surface area (Å²) in [5, 5.41) is 7.61. The number of aromatic nitrogens is 4. The van der Waals surface area contributed by atoms with Crippen molar-refractivity contribution < 1.29 is 8.78 Å². The number of hydrogen-bond donors (Lipinski definition) is 1. The lowest BCUT2D eigenvalue weighted by Gasteiger charge is -2.09. The van der Waals surface area contributed by atoms with Gasteiger partial charge in [-0.2, -0.15) is 5.10 Å². The minimum absolute atomic E-state index is 0.156. The van der Waals surface area contributed by atoms with Gasteiger partial charge in [-0.25, -0.2) is 13.8 Å². The monoisotopic (exact) mass is 225 g/mol. The first-order chi connectivity index (χ1) is 7.47. The summed E-state index contributed by atoms with van der Waals surface area (Å²) < 4.78 is 25.8. The van der Waals surface area contributed by atoms with Gasteiger partial charge in [0.15, 0.2) is 11.6 Å². The van der Waals surface area contributed by atoms with E-state index in [1.165, 1.54) is 23.1 Å². The van der Waals surface area contributed by atoms with Gasteiger partial charge >= 0.3 is 0 Å². The normalized spacial score (nSPS) is 11.7. The molecule has 2 heterocycles. The van der Waals surface area contributed by atoms with Crippen LogP contribution in [0, 0.1) is 0 Å². The Bertz CT molecular complexity index is 485. The van der Waals surface area contributed by atoms with Crippen molar-refractivity contribution in [3.63, 3.8) is 0 Å². The van der Waals surface area contributed by atoms with Crippen LogP contribution in [0.4, 0.5) is 14.6 Å². The highest BCUT2D eigenvalue weighted by Gasteiger charge is 2.24. The van der Waals surface area contributed by atoms with Crippen LogP contribution in [0.3, 0.4) is 0 Å². The summed E-state index contributed by atoms with van der Waals surface area (Å²) in [5.41, 5.74) is 5.22. The summed E-state index contributed by atoms with van der Waals surface area (Å²) in [4.78, 5) is 5.00. The Kier molecular flexibility index (Phi) is 2.30. The van der Waals surface area contributed by atoms with E-state index in [-0.39, 0.29) is 11.4 Å². The standard InChI is InChI=1S/C9H9F2N5/c1-9(10,11)6-2-3-8(13-4-6)16-14-5-7(12)15-16/h2-5H,1H3,(H2,12,15). The van der Waals surface area contributed by atoms with Gasteiger partial charge in [0.2, 0.25) is 0 Å². The van der Waals surface area contributed by atoms with E-state index in [4.69, 9.17) is 5.73 Å². The van der Waals surface area contributed by atoms with E-state index in [0.717, 1.165) is 13.1 Å². The lowest BCUT2D eigenvalue weighted by atomic mass is 10.2. The molecular formula is C9H9F2N5. The van der Waals surface area contributed by atoms with E-state index in [2.05, 4.69) is 15.2 Å². The SMILES string of the molecule is CC(F)(F)c1ccc(-n2ncc(N)n2)nc1. The molecule has 0 atom stereocenters. The Hall–Kier alpha value is -2.05. The quantitative estimate of drug-likeness (QED) is 0.837. The molecule has 2 aromatic rings. The molecule has 0 fully saturated rings. The fourth-order valence-electron chi connectivity index (χ4n) is 1.15. The number of rotatable bonds is 2. The van der Waals surface area contributed by atoms with Crippen LogP contribution in [0.5, 0.6) is 0 Å². The Morgan fingerprint density at radius 3 is 2.50 bits per heavy atom. The first-order valence-electron chi connectivity index (χ1n) is 4.49. The van der Waals surface area contributed by atoms with Crippen LogP contribution in [0.15, 0.2) is 24.5 Å². The average Bonchev–Trinajstić information content (AvgIpc) is 2.64. The molecule has 0 unspecified atom stereocenters. The van der Waals surface area contributed by atoms with Crippen molar-refractivity contribution in [2.75, 3.05) is 5.73 Å². The molecule has 0 aromatic carbocycles. The van der Waals surface area contributed by atoms with Crippen molar-refractivity contribution in [2.24, 2.45) is 0 Å². The second-order valence-electron chi connectivity index (χ2n) is 3.35. The third-order valence-electron chi connectivity index (χ3n) is 1.97. The maximum absolute atomic E-state index is 12.9. The van der Waals surface area contributed by atoms with E-state index in [9.17, 15) is 8.78 Å². The molecule has 0 amide bonds. The van der Waals surface area contributed by atoms with Crippen LogP contribution >= 0.6 is 0 Å². The average molecular weight is 225 g/mol. The molecule has 0 saturated heterocycles. The molecule has 0 bridgehead atoms. The van der Waals surface area contributed by atoms with E-state index in [1.54, 1.807) is 0 Å². The van der Waals surface area contributed by atoms with Gasteiger partial charge in [0.25, 0.3) is 5.92 Å². The molecule has 0 aliphatic rings. The predicted molar refractivity (Wildman–Crippen MR) is 53.1 cm³/mol. The number of pyridine rings is 1. The number of nitrogens with two attached hydrogens (primary N) is 1. The highest BCUT2D eigenvalue weighted by molar-refractivity contribution is 5.28. The predicted octanol–water partition coefficient (Wildman–Crippen LogP) is 1.36. The minimum atomic E-state index is -2.90. The number of alkyl halides is 2. The molecule has 0 radical (unpaired) electrons. The highest BCUT2D eigenvalue weighted by Crippen LogP contribution is 2.26. The van der Waals surface area contributed by atoms with Crippen LogP contribution in [0.2, 0.25) is 0 Å². The maximum atomic E-state index is 12.9. The van der Waals surface area contributed by atoms with Gasteiger partial charge in [0.05, 0.1) is 6.20 Å². The lowest BCUT2D eigenvalue weighted by Crippen LogP contribution is -2.09. The first kappa shape index (κ1) is 10.5. The Morgan fingerprint density at radius 2 is 2.06 bits per heavy atom. The van der Waals surface area contributed by atoms with Gasteiger partial charge in [-0.3, -0.25) is 0 Å². The van der Waals surface area contributed by atoms with Gasteiger partial charge in [-0.05, 0) is 12.1 Å². The molecule has 2 rings (SSSR count). The van der Waals surface area contributed by atoms with Crippen LogP contribution < -0.4 is 5.73 Å². The molecule has 0 aliphatic heterocycles. The van der Waals surface area contributed by atoms with Crippen molar-refractivity contribution in [3.8, 4) is 5.82 Å². The van der Waals surface area contributed by atoms with Gasteiger partial charge in [-0.1, -0.05) is 0 Å². The van der Waals surface area contributed by atoms with Crippen molar-refractivity contribution >= 4 is 5.82 Å². The van der Waals surface area contributed by atoms with E-state index in [0.29, 0.717) is 5.82 Å². The molecule has 16 heavy (non-hydrogen) atoms. The zero-order valence-corrected chi connectivity index (χ0v) is 8.43. The van der Waals surface area contributed by atoms with Crippen molar-refractivity contribution in [2.45, 2.75) is 12.8 Å². The van der Waals surface area contributed by atoms with Crippen LogP contribution in [-0.2, 0) is 5.92 Å². The molecule has 0 saturated carbocycles. The molecule has 84 valence electrons. The third-order valence-corrected chi connectivity index (χ3v) is 1.97. The highest BCUT2D eigenvalue weighted by atomic mass is 19.3. The molecule has 2 aromatic heterocycles. The zero-order valence-electron chi connectivity index (χ0n) is 8.43. The molecular weight excluding hydrogens is 216 g/mol. The van der Waals surface area contributed by atoms with Crippen LogP contribution in [0.25, 0.3) is 5.82 Å². The summed E-state index contributed by atoms with van der Waals surface area (Å²) in [6, 6.07) is 2.69. The summed E-state index contributed by atoms with van der Waals surface area (Å²) in [6.07, 6.45) is 2.44. The van der Waals surface area contributed by atoms with Gasteiger partial charge in [-0.15, -0.1) is 9.90 Å². The summed E-state index contributed by atoms with van der Waals surface area (Å²) in [7, 11) is 0. The number of nitrogens with zero attached hydrogens (tertiary/aromatic N) is 4. The molecule has 5 nitrogen and oxygen atoms in total. The number of nitrogen functional groups attached to an aromatic ring is 1. The fraction of sp³-hybridized carbons (Fsp3) is 0.222. The van der Waals surface area contributed by atoms with E-state index < -0.39 is 5.92 Å². The van der Waals surface area contributed by atoms with E-state index in [1.807, 2.05) is 0 Å². The maximum Gasteiger partial charge on any atom is 0.272 e. The second kappa shape index (κ2) is 3.51. The van der Waals surface area contributed by atoms with E-state index >= 15 is 0 Å². The van der Waals surface area contributed by atoms with Gasteiger partial charge < -0.3 is 5.73 Å². The number of halogens is 2. The smallest absolute Gasteiger partial charge is 0.272 e. The Labute approximate surface area is 89.9 Å². The molecule has 2 N–H and O–H groups in total. The Morgan fingerprint density at radius 1 is 1.31 bits per heavy atom.